The quantitative estimate of drug-likeness (QED) is 0.787. The van der Waals surface area contributed by atoms with E-state index >= 15 is 0 Å². The molecule has 0 aliphatic heterocycles. The third kappa shape index (κ3) is 3.09. The van der Waals surface area contributed by atoms with E-state index in [2.05, 4.69) is 10.3 Å². The van der Waals surface area contributed by atoms with Gasteiger partial charge in [-0.05, 0) is 30.2 Å². The second-order valence-corrected chi connectivity index (χ2v) is 4.97. The van der Waals surface area contributed by atoms with E-state index in [1.807, 2.05) is 53.2 Å². The molecule has 0 unspecified atom stereocenters. The second-order valence-electron chi connectivity index (χ2n) is 4.97. The summed E-state index contributed by atoms with van der Waals surface area (Å²) < 4.78 is 7.16. The molecule has 0 aliphatic carbocycles. The fourth-order valence-electron chi connectivity index (χ4n) is 2.38. The molecule has 22 heavy (non-hydrogen) atoms. The molecule has 0 radical (unpaired) electrons. The van der Waals surface area contributed by atoms with Crippen LogP contribution >= 0.6 is 0 Å². The number of amides is 1. The molecule has 112 valence electrons. The Morgan fingerprint density at radius 2 is 2.14 bits per heavy atom. The number of imidazole rings is 1. The lowest BCUT2D eigenvalue weighted by molar-refractivity contribution is -0.116. The number of carbonyl (C=O) groups excluding carboxylic acids is 1. The lowest BCUT2D eigenvalue weighted by Crippen LogP contribution is -2.13. The van der Waals surface area contributed by atoms with Crippen molar-refractivity contribution in [3.05, 3.63) is 60.6 Å². The molecule has 0 atom stereocenters. The molecule has 2 aromatic heterocycles. The van der Waals surface area contributed by atoms with E-state index in [0.717, 1.165) is 22.6 Å². The average molecular weight is 295 g/mol. The number of aryl methyl sites for hydroxylation is 1. The van der Waals surface area contributed by atoms with Crippen molar-refractivity contribution in [2.45, 2.75) is 12.8 Å². The predicted molar refractivity (Wildman–Crippen MR) is 85.1 cm³/mol. The van der Waals surface area contributed by atoms with Gasteiger partial charge in [-0.3, -0.25) is 4.79 Å². The Kier molecular flexibility index (Phi) is 4.05. The minimum absolute atomic E-state index is 0.0228. The van der Waals surface area contributed by atoms with Crippen LogP contribution < -0.4 is 10.1 Å². The fourth-order valence-corrected chi connectivity index (χ4v) is 2.38. The number of ether oxygens (including phenoxy) is 1. The summed E-state index contributed by atoms with van der Waals surface area (Å²) in [7, 11) is 1.64. The van der Waals surface area contributed by atoms with Crippen LogP contribution in [0.5, 0.6) is 5.75 Å². The van der Waals surface area contributed by atoms with E-state index < -0.39 is 0 Å². The van der Waals surface area contributed by atoms with Crippen molar-refractivity contribution in [1.29, 1.82) is 0 Å². The maximum atomic E-state index is 12.1. The number of hydrogen-bond acceptors (Lipinski definition) is 3. The van der Waals surface area contributed by atoms with E-state index in [1.165, 1.54) is 0 Å². The predicted octanol–water partition coefficient (Wildman–Crippen LogP) is 2.91. The SMILES string of the molecule is COc1ccccc1CCC(=O)Nc1ccc2nccn2c1. The molecule has 0 spiro atoms. The highest BCUT2D eigenvalue weighted by molar-refractivity contribution is 5.90. The number of aromatic nitrogens is 2. The van der Waals surface area contributed by atoms with Crippen molar-refractivity contribution in [2.24, 2.45) is 0 Å². The van der Waals surface area contributed by atoms with Gasteiger partial charge in [-0.25, -0.2) is 4.98 Å². The van der Waals surface area contributed by atoms with Crippen LogP contribution in [-0.4, -0.2) is 22.4 Å². The van der Waals surface area contributed by atoms with Crippen LogP contribution in [0.4, 0.5) is 5.69 Å². The molecule has 3 aromatic rings. The highest BCUT2D eigenvalue weighted by atomic mass is 16.5. The molecule has 3 rings (SSSR count). The van der Waals surface area contributed by atoms with Crippen LogP contribution in [0.2, 0.25) is 0 Å². The topological polar surface area (TPSA) is 55.6 Å². The second kappa shape index (κ2) is 6.30. The third-order valence-corrected chi connectivity index (χ3v) is 3.49. The summed E-state index contributed by atoms with van der Waals surface area (Å²) in [5.41, 5.74) is 2.65. The number of carbonyl (C=O) groups is 1. The minimum Gasteiger partial charge on any atom is -0.496 e. The minimum atomic E-state index is -0.0228. The smallest absolute Gasteiger partial charge is 0.224 e. The molecule has 1 aromatic carbocycles. The van der Waals surface area contributed by atoms with Crippen molar-refractivity contribution >= 4 is 17.2 Å². The molecule has 0 aliphatic rings. The first-order chi connectivity index (χ1) is 10.8. The van der Waals surface area contributed by atoms with Gasteiger partial charge in [0.2, 0.25) is 5.91 Å². The molecular formula is C17H17N3O2. The summed E-state index contributed by atoms with van der Waals surface area (Å²) in [5.74, 6) is 0.792. The molecule has 0 saturated carbocycles. The van der Waals surface area contributed by atoms with Crippen molar-refractivity contribution in [3.8, 4) is 5.75 Å². The van der Waals surface area contributed by atoms with E-state index in [4.69, 9.17) is 4.74 Å². The first kappa shape index (κ1) is 14.1. The summed E-state index contributed by atoms with van der Waals surface area (Å²) in [6, 6.07) is 11.5. The van der Waals surface area contributed by atoms with Crippen molar-refractivity contribution in [3.63, 3.8) is 0 Å². The molecule has 2 heterocycles. The maximum absolute atomic E-state index is 12.1. The molecule has 0 bridgehead atoms. The fraction of sp³-hybridized carbons (Fsp3) is 0.176. The Balaban J connectivity index is 1.62. The number of nitrogens with zero attached hydrogens (tertiary/aromatic N) is 2. The van der Waals surface area contributed by atoms with Crippen LogP contribution in [0.1, 0.15) is 12.0 Å². The zero-order chi connectivity index (χ0) is 15.4. The van der Waals surface area contributed by atoms with E-state index in [-0.39, 0.29) is 5.91 Å². The average Bonchev–Trinajstić information content (AvgIpc) is 3.01. The monoisotopic (exact) mass is 295 g/mol. The van der Waals surface area contributed by atoms with Gasteiger partial charge in [0.15, 0.2) is 0 Å². The lowest BCUT2D eigenvalue weighted by atomic mass is 10.1. The molecule has 0 fully saturated rings. The molecule has 1 amide bonds. The van der Waals surface area contributed by atoms with Crippen molar-refractivity contribution in [2.75, 3.05) is 12.4 Å². The first-order valence-electron chi connectivity index (χ1n) is 7.11. The Morgan fingerprint density at radius 3 is 3.00 bits per heavy atom. The first-order valence-corrected chi connectivity index (χ1v) is 7.11. The lowest BCUT2D eigenvalue weighted by Gasteiger charge is -2.09. The number of para-hydroxylation sites is 1. The van der Waals surface area contributed by atoms with E-state index in [9.17, 15) is 4.79 Å². The number of methoxy groups -OCH3 is 1. The van der Waals surface area contributed by atoms with E-state index in [1.54, 1.807) is 13.3 Å². The highest BCUT2D eigenvalue weighted by Crippen LogP contribution is 2.19. The Hall–Kier alpha value is -2.82. The number of pyridine rings is 1. The Bertz CT molecular complexity index is 795. The largest absolute Gasteiger partial charge is 0.496 e. The number of fused-ring (bicyclic) bond motifs is 1. The summed E-state index contributed by atoms with van der Waals surface area (Å²) in [5, 5.41) is 2.90. The standard InChI is InChI=1S/C17H17N3O2/c1-22-15-5-3-2-4-13(15)6-9-17(21)19-14-7-8-16-18-10-11-20(16)12-14/h2-5,7-8,10-12H,6,9H2,1H3,(H,19,21). The number of nitrogens with one attached hydrogen (secondary N) is 1. The van der Waals surface area contributed by atoms with Gasteiger partial charge in [0.05, 0.1) is 12.8 Å². The molecule has 1 N–H and O–H groups in total. The van der Waals surface area contributed by atoms with Gasteiger partial charge in [0.1, 0.15) is 11.4 Å². The van der Waals surface area contributed by atoms with E-state index in [0.29, 0.717) is 12.8 Å². The van der Waals surface area contributed by atoms with Gasteiger partial charge >= 0.3 is 0 Å². The van der Waals surface area contributed by atoms with Crippen LogP contribution in [0.3, 0.4) is 0 Å². The van der Waals surface area contributed by atoms with Crippen LogP contribution in [0.15, 0.2) is 55.0 Å². The van der Waals surface area contributed by atoms with Gasteiger partial charge in [-0.2, -0.15) is 0 Å². The van der Waals surface area contributed by atoms with Crippen molar-refractivity contribution < 1.29 is 9.53 Å². The van der Waals surface area contributed by atoms with Crippen LogP contribution in [-0.2, 0) is 11.2 Å². The number of benzene rings is 1. The Labute approximate surface area is 128 Å². The highest BCUT2D eigenvalue weighted by Gasteiger charge is 2.07. The summed E-state index contributed by atoms with van der Waals surface area (Å²) in [6.45, 7) is 0. The summed E-state index contributed by atoms with van der Waals surface area (Å²) in [6.07, 6.45) is 6.47. The van der Waals surface area contributed by atoms with Gasteiger partial charge in [0, 0.05) is 25.0 Å². The van der Waals surface area contributed by atoms with Crippen molar-refractivity contribution in [1.82, 2.24) is 9.38 Å². The Morgan fingerprint density at radius 1 is 1.27 bits per heavy atom. The van der Waals surface area contributed by atoms with Crippen LogP contribution in [0, 0.1) is 0 Å². The normalized spacial score (nSPS) is 10.6. The zero-order valence-corrected chi connectivity index (χ0v) is 12.3. The number of anilines is 1. The zero-order valence-electron chi connectivity index (χ0n) is 12.3. The number of hydrogen-bond donors (Lipinski definition) is 1. The number of rotatable bonds is 5. The maximum Gasteiger partial charge on any atom is 0.224 e. The molecule has 5 heteroatoms. The molecule has 0 saturated heterocycles. The van der Waals surface area contributed by atoms with Gasteiger partial charge in [-0.15, -0.1) is 0 Å². The third-order valence-electron chi connectivity index (χ3n) is 3.49. The van der Waals surface area contributed by atoms with Crippen LogP contribution in [0.25, 0.3) is 5.65 Å². The molecular weight excluding hydrogens is 278 g/mol. The molecule has 5 nitrogen and oxygen atoms in total. The van der Waals surface area contributed by atoms with Gasteiger partial charge in [0.25, 0.3) is 0 Å². The van der Waals surface area contributed by atoms with Gasteiger partial charge < -0.3 is 14.5 Å². The van der Waals surface area contributed by atoms with Gasteiger partial charge in [-0.1, -0.05) is 18.2 Å². The summed E-state index contributed by atoms with van der Waals surface area (Å²) >= 11 is 0. The summed E-state index contributed by atoms with van der Waals surface area (Å²) in [4.78, 5) is 16.3.